The van der Waals surface area contributed by atoms with Gasteiger partial charge in [0.15, 0.2) is 0 Å². The summed E-state index contributed by atoms with van der Waals surface area (Å²) in [7, 11) is 0. The molecule has 0 N–H and O–H groups in total. The summed E-state index contributed by atoms with van der Waals surface area (Å²) in [4.78, 5) is 10.1. The van der Waals surface area contributed by atoms with Gasteiger partial charge < -0.3 is 4.74 Å². The minimum absolute atomic E-state index is 0.101. The molecule has 0 saturated heterocycles. The molecule has 0 amide bonds. The third-order valence-electron chi connectivity index (χ3n) is 1.85. The van der Waals surface area contributed by atoms with E-state index in [1.54, 1.807) is 26.0 Å². The average molecular weight is 205 g/mol. The van der Waals surface area contributed by atoms with Gasteiger partial charge in [0.05, 0.1) is 4.92 Å². The van der Waals surface area contributed by atoms with Crippen LogP contribution in [0.1, 0.15) is 12.5 Å². The molecule has 0 spiro atoms. The summed E-state index contributed by atoms with van der Waals surface area (Å²) in [6.07, 6.45) is 0. The van der Waals surface area contributed by atoms with Crippen molar-refractivity contribution < 1.29 is 9.66 Å². The van der Waals surface area contributed by atoms with Crippen LogP contribution in [0.3, 0.4) is 0 Å². The maximum Gasteiger partial charge on any atom is 0.272 e. The minimum Gasteiger partial charge on any atom is -0.481 e. The molecule has 0 heterocycles. The second-order valence-corrected chi connectivity index (χ2v) is 2.92. The molecule has 1 aromatic carbocycles. The molecule has 0 aliphatic rings. The zero-order valence-electron chi connectivity index (χ0n) is 8.61. The Hall–Kier alpha value is -2.02. The highest BCUT2D eigenvalue weighted by Gasteiger charge is 2.10. The Morgan fingerprint density at radius 2 is 2.27 bits per heavy atom. The lowest BCUT2D eigenvalue weighted by atomic mass is 10.2. The first-order valence-electron chi connectivity index (χ1n) is 4.42. The fourth-order valence-corrected chi connectivity index (χ4v) is 1.11. The zero-order chi connectivity index (χ0) is 11.3. The number of ether oxygens (including phenoxy) is 1. The number of rotatable bonds is 3. The van der Waals surface area contributed by atoms with Gasteiger partial charge in [-0.25, -0.2) is 0 Å². The Bertz CT molecular complexity index is 429. The predicted octanol–water partition coefficient (Wildman–Crippen LogP) is 2.31. The van der Waals surface area contributed by atoms with Crippen molar-refractivity contribution in [3.8, 4) is 17.6 Å². The first kappa shape index (κ1) is 11.1. The SMILES string of the molecule is CC#CCOc1ccc([N+](=O)[O-])c(C)c1. The van der Waals surface area contributed by atoms with Gasteiger partial charge in [-0.1, -0.05) is 5.92 Å². The normalized spacial score (nSPS) is 8.93. The van der Waals surface area contributed by atoms with E-state index in [9.17, 15) is 10.1 Å². The van der Waals surface area contributed by atoms with Crippen molar-refractivity contribution >= 4 is 5.69 Å². The molecule has 4 nitrogen and oxygen atoms in total. The van der Waals surface area contributed by atoms with Crippen molar-refractivity contribution in [2.75, 3.05) is 6.61 Å². The van der Waals surface area contributed by atoms with E-state index in [1.165, 1.54) is 6.07 Å². The predicted molar refractivity (Wildman–Crippen MR) is 56.8 cm³/mol. The van der Waals surface area contributed by atoms with Crippen molar-refractivity contribution in [1.29, 1.82) is 0 Å². The largest absolute Gasteiger partial charge is 0.481 e. The third kappa shape index (κ3) is 2.99. The molecule has 0 aliphatic heterocycles. The summed E-state index contributed by atoms with van der Waals surface area (Å²) in [5, 5.41) is 10.5. The molecule has 0 atom stereocenters. The second-order valence-electron chi connectivity index (χ2n) is 2.92. The lowest BCUT2D eigenvalue weighted by Gasteiger charge is -2.03. The Labute approximate surface area is 88.0 Å². The monoisotopic (exact) mass is 205 g/mol. The van der Waals surface area contributed by atoms with Crippen LogP contribution >= 0.6 is 0 Å². The van der Waals surface area contributed by atoms with Crippen LogP contribution in [0.2, 0.25) is 0 Å². The van der Waals surface area contributed by atoms with E-state index in [1.807, 2.05) is 0 Å². The molecular formula is C11H11NO3. The number of hydrogen-bond acceptors (Lipinski definition) is 3. The number of benzene rings is 1. The van der Waals surface area contributed by atoms with Gasteiger partial charge in [-0.15, -0.1) is 5.92 Å². The maximum absolute atomic E-state index is 10.5. The van der Waals surface area contributed by atoms with E-state index in [4.69, 9.17) is 4.74 Å². The van der Waals surface area contributed by atoms with Crippen LogP contribution in [0.5, 0.6) is 5.75 Å². The van der Waals surface area contributed by atoms with Gasteiger partial charge in [0.1, 0.15) is 12.4 Å². The van der Waals surface area contributed by atoms with E-state index < -0.39 is 4.92 Å². The molecule has 0 saturated carbocycles. The number of aryl methyl sites for hydroxylation is 1. The van der Waals surface area contributed by atoms with Crippen LogP contribution in [-0.2, 0) is 0 Å². The van der Waals surface area contributed by atoms with E-state index in [2.05, 4.69) is 11.8 Å². The molecule has 78 valence electrons. The van der Waals surface area contributed by atoms with Crippen molar-refractivity contribution in [3.05, 3.63) is 33.9 Å². The summed E-state index contributed by atoms with van der Waals surface area (Å²) in [5.41, 5.74) is 0.686. The number of nitrogens with zero attached hydrogens (tertiary/aromatic N) is 1. The summed E-state index contributed by atoms with van der Waals surface area (Å²) in [6, 6.07) is 4.64. The van der Waals surface area contributed by atoms with Gasteiger partial charge in [0.25, 0.3) is 5.69 Å². The molecule has 0 fully saturated rings. The van der Waals surface area contributed by atoms with Gasteiger partial charge >= 0.3 is 0 Å². The smallest absolute Gasteiger partial charge is 0.272 e. The summed E-state index contributed by atoms with van der Waals surface area (Å²) in [6.45, 7) is 3.70. The number of nitro benzene ring substituents is 1. The van der Waals surface area contributed by atoms with Crippen molar-refractivity contribution in [2.45, 2.75) is 13.8 Å². The summed E-state index contributed by atoms with van der Waals surface area (Å²) < 4.78 is 5.27. The Morgan fingerprint density at radius 3 is 2.80 bits per heavy atom. The maximum atomic E-state index is 10.5. The lowest BCUT2D eigenvalue weighted by molar-refractivity contribution is -0.385. The molecule has 0 aromatic heterocycles. The van der Waals surface area contributed by atoms with Gasteiger partial charge in [0, 0.05) is 11.6 Å². The third-order valence-corrected chi connectivity index (χ3v) is 1.85. The van der Waals surface area contributed by atoms with Crippen LogP contribution in [0, 0.1) is 28.9 Å². The first-order valence-corrected chi connectivity index (χ1v) is 4.42. The van der Waals surface area contributed by atoms with E-state index >= 15 is 0 Å². The average Bonchev–Trinajstić information content (AvgIpc) is 2.17. The summed E-state index contributed by atoms with van der Waals surface area (Å²) >= 11 is 0. The van der Waals surface area contributed by atoms with E-state index in [0.29, 0.717) is 17.9 Å². The Morgan fingerprint density at radius 1 is 1.53 bits per heavy atom. The molecule has 1 aromatic rings. The number of hydrogen-bond donors (Lipinski definition) is 0. The van der Waals surface area contributed by atoms with Crippen molar-refractivity contribution in [1.82, 2.24) is 0 Å². The molecular weight excluding hydrogens is 194 g/mol. The quantitative estimate of drug-likeness (QED) is 0.432. The van der Waals surface area contributed by atoms with E-state index in [0.717, 1.165) is 0 Å². The van der Waals surface area contributed by atoms with Crippen LogP contribution in [-0.4, -0.2) is 11.5 Å². The first-order chi connectivity index (χ1) is 7.15. The van der Waals surface area contributed by atoms with Gasteiger partial charge in [-0.3, -0.25) is 10.1 Å². The minimum atomic E-state index is -0.412. The highest BCUT2D eigenvalue weighted by atomic mass is 16.6. The van der Waals surface area contributed by atoms with Gasteiger partial charge in [-0.2, -0.15) is 0 Å². The molecule has 0 radical (unpaired) electrons. The van der Waals surface area contributed by atoms with Gasteiger partial charge in [0.2, 0.25) is 0 Å². The molecule has 15 heavy (non-hydrogen) atoms. The molecule has 0 aliphatic carbocycles. The fraction of sp³-hybridized carbons (Fsp3) is 0.273. The van der Waals surface area contributed by atoms with Crippen molar-refractivity contribution in [2.24, 2.45) is 0 Å². The highest BCUT2D eigenvalue weighted by molar-refractivity contribution is 5.44. The summed E-state index contributed by atoms with van der Waals surface area (Å²) in [5.74, 6) is 6.04. The fourth-order valence-electron chi connectivity index (χ4n) is 1.11. The standard InChI is InChI=1S/C11H11NO3/c1-3-4-7-15-10-5-6-11(12(13)14)9(2)8-10/h5-6,8H,7H2,1-2H3. The Balaban J connectivity index is 2.80. The van der Waals surface area contributed by atoms with E-state index in [-0.39, 0.29) is 5.69 Å². The van der Waals surface area contributed by atoms with Crippen molar-refractivity contribution in [3.63, 3.8) is 0 Å². The molecule has 1 rings (SSSR count). The highest BCUT2D eigenvalue weighted by Crippen LogP contribution is 2.22. The topological polar surface area (TPSA) is 52.4 Å². The van der Waals surface area contributed by atoms with Crippen LogP contribution < -0.4 is 4.74 Å². The van der Waals surface area contributed by atoms with Gasteiger partial charge in [-0.05, 0) is 26.0 Å². The Kier molecular flexibility index (Phi) is 3.69. The van der Waals surface area contributed by atoms with Crippen LogP contribution in [0.15, 0.2) is 18.2 Å². The molecule has 0 bridgehead atoms. The number of nitro groups is 1. The molecule has 4 heteroatoms. The van der Waals surface area contributed by atoms with Crippen LogP contribution in [0.25, 0.3) is 0 Å². The lowest BCUT2D eigenvalue weighted by Crippen LogP contribution is -1.96. The molecule has 0 unspecified atom stereocenters. The van der Waals surface area contributed by atoms with Crippen LogP contribution in [0.4, 0.5) is 5.69 Å². The zero-order valence-corrected chi connectivity index (χ0v) is 8.61. The second kappa shape index (κ2) is 5.01.